The monoisotopic (exact) mass is 240 g/mol. The first-order valence-corrected chi connectivity index (χ1v) is 6.76. The zero-order valence-corrected chi connectivity index (χ0v) is 12.0. The molecular formula is C14H28N2O. The van der Waals surface area contributed by atoms with Crippen LogP contribution in [0.4, 0.5) is 0 Å². The zero-order chi connectivity index (χ0) is 13.1. The van der Waals surface area contributed by atoms with Crippen molar-refractivity contribution in [3.8, 4) is 0 Å². The summed E-state index contributed by atoms with van der Waals surface area (Å²) >= 11 is 0. The molecule has 3 nitrogen and oxygen atoms in total. The van der Waals surface area contributed by atoms with E-state index in [0.29, 0.717) is 23.9 Å². The summed E-state index contributed by atoms with van der Waals surface area (Å²) in [6, 6.07) is 0.507. The van der Waals surface area contributed by atoms with Crippen molar-refractivity contribution in [3.05, 3.63) is 0 Å². The highest BCUT2D eigenvalue weighted by Crippen LogP contribution is 2.37. The van der Waals surface area contributed by atoms with E-state index in [4.69, 9.17) is 0 Å². The molecule has 0 aromatic rings. The number of rotatable bonds is 3. The molecule has 1 rings (SSSR count). The fourth-order valence-corrected chi connectivity index (χ4v) is 2.79. The van der Waals surface area contributed by atoms with Gasteiger partial charge in [-0.1, -0.05) is 33.6 Å². The van der Waals surface area contributed by atoms with Crippen molar-refractivity contribution in [2.24, 2.45) is 11.3 Å². The Morgan fingerprint density at radius 2 is 1.82 bits per heavy atom. The van der Waals surface area contributed by atoms with Gasteiger partial charge in [0, 0.05) is 20.1 Å². The molecule has 1 fully saturated rings. The smallest absolute Gasteiger partial charge is 0.236 e. The highest BCUT2D eigenvalue weighted by atomic mass is 16.2. The molecule has 2 atom stereocenters. The van der Waals surface area contributed by atoms with E-state index in [1.165, 1.54) is 25.7 Å². The Bertz CT molecular complexity index is 255. The number of amides is 1. The minimum atomic E-state index is 0.170. The van der Waals surface area contributed by atoms with Crippen LogP contribution in [0.25, 0.3) is 0 Å². The van der Waals surface area contributed by atoms with Crippen molar-refractivity contribution in [2.45, 2.75) is 52.5 Å². The molecule has 3 heteroatoms. The van der Waals surface area contributed by atoms with Gasteiger partial charge in [0.15, 0.2) is 0 Å². The number of hydrogen-bond donors (Lipinski definition) is 1. The van der Waals surface area contributed by atoms with Crippen LogP contribution in [0.2, 0.25) is 0 Å². The Labute approximate surface area is 106 Å². The van der Waals surface area contributed by atoms with Crippen LogP contribution in [0.1, 0.15) is 46.5 Å². The van der Waals surface area contributed by atoms with Gasteiger partial charge in [-0.2, -0.15) is 0 Å². The molecule has 0 spiro atoms. The lowest BCUT2D eigenvalue weighted by molar-refractivity contribution is -0.128. The standard InChI is InChI=1S/C14H28N2O/c1-14(2,3)11-8-6-7-9-12(11)15-10-13(17)16(4)5/h11-12,15H,6-10H2,1-5H3/t11-,12-/m1/s1. The second-order valence-electron chi connectivity index (χ2n) is 6.53. The summed E-state index contributed by atoms with van der Waals surface area (Å²) in [7, 11) is 3.62. The normalized spacial score (nSPS) is 25.7. The molecule has 0 radical (unpaired) electrons. The van der Waals surface area contributed by atoms with Crippen molar-refractivity contribution < 1.29 is 4.79 Å². The Morgan fingerprint density at radius 1 is 1.24 bits per heavy atom. The lowest BCUT2D eigenvalue weighted by Gasteiger charge is -2.41. The first-order valence-electron chi connectivity index (χ1n) is 6.76. The molecule has 0 bridgehead atoms. The number of nitrogens with zero attached hydrogens (tertiary/aromatic N) is 1. The van der Waals surface area contributed by atoms with Crippen molar-refractivity contribution in [1.29, 1.82) is 0 Å². The topological polar surface area (TPSA) is 32.3 Å². The van der Waals surface area contributed by atoms with Gasteiger partial charge in [0.05, 0.1) is 6.54 Å². The van der Waals surface area contributed by atoms with Crippen LogP contribution in [0.3, 0.4) is 0 Å². The van der Waals surface area contributed by atoms with E-state index in [1.54, 1.807) is 4.90 Å². The Morgan fingerprint density at radius 3 is 2.35 bits per heavy atom. The maximum Gasteiger partial charge on any atom is 0.236 e. The summed E-state index contributed by atoms with van der Waals surface area (Å²) < 4.78 is 0. The predicted octanol–water partition coefficient (Wildman–Crippen LogP) is 2.27. The van der Waals surface area contributed by atoms with Crippen LogP contribution in [-0.2, 0) is 4.79 Å². The van der Waals surface area contributed by atoms with Gasteiger partial charge < -0.3 is 10.2 Å². The van der Waals surface area contributed by atoms with Crippen molar-refractivity contribution in [2.75, 3.05) is 20.6 Å². The minimum absolute atomic E-state index is 0.170. The van der Waals surface area contributed by atoms with Crippen LogP contribution in [0.5, 0.6) is 0 Å². The number of carbonyl (C=O) groups is 1. The van der Waals surface area contributed by atoms with Crippen LogP contribution in [0.15, 0.2) is 0 Å². The van der Waals surface area contributed by atoms with Crippen LogP contribution >= 0.6 is 0 Å². The molecule has 1 N–H and O–H groups in total. The fraction of sp³-hybridized carbons (Fsp3) is 0.929. The van der Waals surface area contributed by atoms with Gasteiger partial charge in [-0.25, -0.2) is 0 Å². The molecule has 1 aliphatic carbocycles. The molecule has 0 heterocycles. The van der Waals surface area contributed by atoms with Gasteiger partial charge in [-0.05, 0) is 24.2 Å². The molecule has 0 aromatic heterocycles. The maximum absolute atomic E-state index is 11.6. The lowest BCUT2D eigenvalue weighted by Crippen LogP contribution is -2.47. The molecule has 0 aromatic carbocycles. The molecule has 100 valence electrons. The average Bonchev–Trinajstić information content (AvgIpc) is 2.24. The fourth-order valence-electron chi connectivity index (χ4n) is 2.79. The molecule has 17 heavy (non-hydrogen) atoms. The third kappa shape index (κ3) is 4.30. The number of likely N-dealkylation sites (N-methyl/N-ethyl adjacent to an activating group) is 1. The SMILES string of the molecule is CN(C)C(=O)CN[C@@H]1CCCC[C@H]1C(C)(C)C. The molecule has 1 amide bonds. The van der Waals surface area contributed by atoms with Gasteiger partial charge in [0.25, 0.3) is 0 Å². The van der Waals surface area contributed by atoms with E-state index >= 15 is 0 Å². The minimum Gasteiger partial charge on any atom is -0.348 e. The summed E-state index contributed by atoms with van der Waals surface area (Å²) in [4.78, 5) is 13.3. The van der Waals surface area contributed by atoms with E-state index in [9.17, 15) is 4.79 Å². The van der Waals surface area contributed by atoms with E-state index < -0.39 is 0 Å². The van der Waals surface area contributed by atoms with E-state index in [2.05, 4.69) is 26.1 Å². The third-order valence-corrected chi connectivity index (χ3v) is 3.89. The van der Waals surface area contributed by atoms with E-state index in [0.717, 1.165) is 0 Å². The van der Waals surface area contributed by atoms with Crippen LogP contribution in [0, 0.1) is 11.3 Å². The highest BCUT2D eigenvalue weighted by molar-refractivity contribution is 5.77. The second-order valence-corrected chi connectivity index (χ2v) is 6.53. The Kier molecular flexibility index (Phi) is 4.99. The summed E-state index contributed by atoms with van der Waals surface area (Å²) in [6.45, 7) is 7.41. The first-order chi connectivity index (χ1) is 7.82. The van der Waals surface area contributed by atoms with Crippen LogP contribution in [-0.4, -0.2) is 37.5 Å². The van der Waals surface area contributed by atoms with Gasteiger partial charge >= 0.3 is 0 Å². The molecule has 0 aliphatic heterocycles. The molecule has 1 aliphatic rings. The zero-order valence-electron chi connectivity index (χ0n) is 12.0. The second kappa shape index (κ2) is 5.85. The lowest BCUT2D eigenvalue weighted by atomic mass is 9.69. The third-order valence-electron chi connectivity index (χ3n) is 3.89. The van der Waals surface area contributed by atoms with Gasteiger partial charge in [-0.15, -0.1) is 0 Å². The van der Waals surface area contributed by atoms with Crippen molar-refractivity contribution in [3.63, 3.8) is 0 Å². The van der Waals surface area contributed by atoms with Gasteiger partial charge in [0.2, 0.25) is 5.91 Å². The Hall–Kier alpha value is -0.570. The summed E-state index contributed by atoms with van der Waals surface area (Å²) in [6.07, 6.45) is 5.13. The van der Waals surface area contributed by atoms with Gasteiger partial charge in [-0.3, -0.25) is 4.79 Å². The Balaban J connectivity index is 2.52. The quantitative estimate of drug-likeness (QED) is 0.821. The molecule has 0 unspecified atom stereocenters. The van der Waals surface area contributed by atoms with Crippen LogP contribution < -0.4 is 5.32 Å². The number of nitrogens with one attached hydrogen (secondary N) is 1. The average molecular weight is 240 g/mol. The van der Waals surface area contributed by atoms with E-state index in [1.807, 2.05) is 14.1 Å². The molecular weight excluding hydrogens is 212 g/mol. The largest absolute Gasteiger partial charge is 0.348 e. The molecule has 1 saturated carbocycles. The number of hydrogen-bond acceptors (Lipinski definition) is 2. The summed E-state index contributed by atoms with van der Waals surface area (Å²) in [5.74, 6) is 0.856. The maximum atomic E-state index is 11.6. The molecule has 0 saturated heterocycles. The summed E-state index contributed by atoms with van der Waals surface area (Å²) in [5, 5.41) is 3.47. The van der Waals surface area contributed by atoms with Gasteiger partial charge in [0.1, 0.15) is 0 Å². The van der Waals surface area contributed by atoms with Crippen molar-refractivity contribution in [1.82, 2.24) is 10.2 Å². The highest BCUT2D eigenvalue weighted by Gasteiger charge is 2.33. The van der Waals surface area contributed by atoms with Crippen molar-refractivity contribution >= 4 is 5.91 Å². The first kappa shape index (κ1) is 14.5. The summed E-state index contributed by atoms with van der Waals surface area (Å²) in [5.41, 5.74) is 0.333. The predicted molar refractivity (Wildman–Crippen MR) is 71.9 cm³/mol. The number of carbonyl (C=O) groups excluding carboxylic acids is 1. The van der Waals surface area contributed by atoms with E-state index in [-0.39, 0.29) is 5.91 Å².